The summed E-state index contributed by atoms with van der Waals surface area (Å²) in [6, 6.07) is 6.56. The fourth-order valence-electron chi connectivity index (χ4n) is 2.38. The van der Waals surface area contributed by atoms with Crippen molar-refractivity contribution >= 4 is 44.0 Å². The minimum atomic E-state index is -0.387. The predicted molar refractivity (Wildman–Crippen MR) is 107 cm³/mol. The molecule has 2 aromatic carbocycles. The molecule has 0 unspecified atom stereocenters. The van der Waals surface area contributed by atoms with Crippen molar-refractivity contribution < 1.29 is 24.1 Å². The Bertz CT molecular complexity index is 902. The number of hydrogen-bond donors (Lipinski definition) is 2. The highest BCUT2D eigenvalue weighted by molar-refractivity contribution is 9.13. The number of phenolic OH excluding ortho intramolecular Hbond substituents is 1. The second-order valence-corrected chi connectivity index (χ2v) is 7.02. The van der Waals surface area contributed by atoms with Crippen molar-refractivity contribution in [1.29, 1.82) is 0 Å². The van der Waals surface area contributed by atoms with Gasteiger partial charge >= 0.3 is 0 Å². The van der Waals surface area contributed by atoms with E-state index >= 15 is 0 Å². The number of amides is 1. The average molecular weight is 500 g/mol. The van der Waals surface area contributed by atoms with Crippen molar-refractivity contribution in [3.63, 3.8) is 0 Å². The van der Waals surface area contributed by atoms with Gasteiger partial charge in [0.1, 0.15) is 13.2 Å². The van der Waals surface area contributed by atoms with E-state index in [1.54, 1.807) is 24.3 Å². The Morgan fingerprint density at radius 2 is 2.00 bits per heavy atom. The van der Waals surface area contributed by atoms with Gasteiger partial charge in [0.2, 0.25) is 0 Å². The lowest BCUT2D eigenvalue weighted by atomic mass is 10.2. The smallest absolute Gasteiger partial charge is 0.271 e. The monoisotopic (exact) mass is 498 g/mol. The molecule has 0 aliphatic carbocycles. The summed E-state index contributed by atoms with van der Waals surface area (Å²) in [4.78, 5) is 12.3. The van der Waals surface area contributed by atoms with E-state index in [1.165, 1.54) is 6.21 Å². The first kappa shape index (κ1) is 19.5. The van der Waals surface area contributed by atoms with Crippen LogP contribution in [0.3, 0.4) is 0 Å². The van der Waals surface area contributed by atoms with Crippen LogP contribution in [0.15, 0.2) is 38.3 Å². The van der Waals surface area contributed by atoms with Gasteiger partial charge in [-0.15, -0.1) is 0 Å². The van der Waals surface area contributed by atoms with Crippen LogP contribution in [0, 0.1) is 0 Å². The summed E-state index contributed by atoms with van der Waals surface area (Å²) in [5.74, 6) is 1.06. The van der Waals surface area contributed by atoms with Crippen LogP contribution in [-0.4, -0.2) is 37.0 Å². The summed E-state index contributed by atoms with van der Waals surface area (Å²) in [5.41, 5.74) is 3.48. The SMILES string of the molecule is CCOc1cc(/C=N\NC(=O)c2ccc3c(c2)OCCO3)c(Br)c(Br)c1O. The molecule has 3 rings (SSSR count). The molecule has 0 aromatic heterocycles. The van der Waals surface area contributed by atoms with Crippen LogP contribution in [0.4, 0.5) is 0 Å². The van der Waals surface area contributed by atoms with E-state index in [0.717, 1.165) is 0 Å². The van der Waals surface area contributed by atoms with Crippen LogP contribution in [0.5, 0.6) is 23.0 Å². The van der Waals surface area contributed by atoms with Gasteiger partial charge < -0.3 is 19.3 Å². The van der Waals surface area contributed by atoms with Crippen molar-refractivity contribution in [1.82, 2.24) is 5.43 Å². The van der Waals surface area contributed by atoms with Gasteiger partial charge in [0.15, 0.2) is 23.0 Å². The molecule has 0 spiro atoms. The van der Waals surface area contributed by atoms with Gasteiger partial charge in [-0.3, -0.25) is 4.79 Å². The molecular formula is C18H16Br2N2O5. The van der Waals surface area contributed by atoms with E-state index in [9.17, 15) is 9.90 Å². The second-order valence-electron chi connectivity index (χ2n) is 5.43. The van der Waals surface area contributed by atoms with E-state index in [-0.39, 0.29) is 11.7 Å². The number of nitrogens with one attached hydrogen (secondary N) is 1. The van der Waals surface area contributed by atoms with Gasteiger partial charge in [-0.25, -0.2) is 5.43 Å². The highest BCUT2D eigenvalue weighted by Gasteiger charge is 2.16. The van der Waals surface area contributed by atoms with Crippen molar-refractivity contribution in [2.75, 3.05) is 19.8 Å². The summed E-state index contributed by atoms with van der Waals surface area (Å²) < 4.78 is 17.3. The molecule has 0 radical (unpaired) electrons. The normalized spacial score (nSPS) is 12.9. The van der Waals surface area contributed by atoms with E-state index in [2.05, 4.69) is 42.4 Å². The maximum absolute atomic E-state index is 12.3. The van der Waals surface area contributed by atoms with Gasteiger partial charge in [0, 0.05) is 15.6 Å². The third-order valence-corrected chi connectivity index (χ3v) is 5.81. The van der Waals surface area contributed by atoms with E-state index in [0.29, 0.717) is 57.1 Å². The molecule has 0 fully saturated rings. The molecule has 142 valence electrons. The number of phenols is 1. The van der Waals surface area contributed by atoms with Crippen LogP contribution in [0.1, 0.15) is 22.8 Å². The number of fused-ring (bicyclic) bond motifs is 1. The van der Waals surface area contributed by atoms with Gasteiger partial charge in [-0.05, 0) is 63.0 Å². The number of hydrazone groups is 1. The molecule has 0 atom stereocenters. The standard InChI is InChI=1S/C18H16Br2N2O5/c1-2-25-14-8-11(15(19)16(20)17(14)23)9-21-22-18(24)10-3-4-12-13(7-10)27-6-5-26-12/h3-4,7-9,23H,2,5-6H2,1H3,(H,22,24)/b21-9-. The molecule has 27 heavy (non-hydrogen) atoms. The number of carbonyl (C=O) groups is 1. The van der Waals surface area contributed by atoms with E-state index < -0.39 is 0 Å². The number of hydrogen-bond acceptors (Lipinski definition) is 6. The lowest BCUT2D eigenvalue weighted by Gasteiger charge is -2.18. The fourth-order valence-corrected chi connectivity index (χ4v) is 3.21. The topological polar surface area (TPSA) is 89.4 Å². The molecule has 2 aromatic rings. The quantitative estimate of drug-likeness (QED) is 0.481. The molecule has 0 saturated heterocycles. The molecule has 1 amide bonds. The minimum Gasteiger partial charge on any atom is -0.503 e. The first-order chi connectivity index (χ1) is 13.0. The Kier molecular flexibility index (Phi) is 6.22. The Morgan fingerprint density at radius 1 is 1.26 bits per heavy atom. The Hall–Kier alpha value is -2.26. The van der Waals surface area contributed by atoms with Crippen LogP contribution < -0.4 is 19.6 Å². The molecule has 0 saturated carbocycles. The Balaban J connectivity index is 1.74. The first-order valence-corrected chi connectivity index (χ1v) is 9.66. The summed E-state index contributed by atoms with van der Waals surface area (Å²) in [6.45, 7) is 3.15. The fraction of sp³-hybridized carbons (Fsp3) is 0.222. The summed E-state index contributed by atoms with van der Waals surface area (Å²) in [5, 5.41) is 14.0. The Labute approximate surface area is 172 Å². The third-order valence-electron chi connectivity index (χ3n) is 3.65. The molecule has 2 N–H and O–H groups in total. The highest BCUT2D eigenvalue weighted by Crippen LogP contribution is 2.41. The molecule has 9 heteroatoms. The number of rotatable bonds is 5. The van der Waals surface area contributed by atoms with E-state index in [4.69, 9.17) is 14.2 Å². The Morgan fingerprint density at radius 3 is 2.74 bits per heavy atom. The van der Waals surface area contributed by atoms with Crippen molar-refractivity contribution in [2.24, 2.45) is 5.10 Å². The molecule has 1 aliphatic rings. The first-order valence-electron chi connectivity index (χ1n) is 8.08. The summed E-state index contributed by atoms with van der Waals surface area (Å²) >= 11 is 6.66. The highest BCUT2D eigenvalue weighted by atomic mass is 79.9. The van der Waals surface area contributed by atoms with Crippen molar-refractivity contribution in [2.45, 2.75) is 6.92 Å². The van der Waals surface area contributed by atoms with Crippen LogP contribution in [-0.2, 0) is 0 Å². The van der Waals surface area contributed by atoms with E-state index in [1.807, 2.05) is 6.92 Å². The minimum absolute atomic E-state index is 0.0128. The maximum Gasteiger partial charge on any atom is 0.271 e. The number of nitrogens with zero attached hydrogens (tertiary/aromatic N) is 1. The zero-order chi connectivity index (χ0) is 19.4. The number of ether oxygens (including phenoxy) is 3. The molecular weight excluding hydrogens is 484 g/mol. The largest absolute Gasteiger partial charge is 0.503 e. The number of halogens is 2. The number of benzene rings is 2. The zero-order valence-electron chi connectivity index (χ0n) is 14.3. The molecule has 0 bridgehead atoms. The van der Waals surface area contributed by atoms with Gasteiger partial charge in [-0.1, -0.05) is 0 Å². The summed E-state index contributed by atoms with van der Waals surface area (Å²) in [7, 11) is 0. The lowest BCUT2D eigenvalue weighted by molar-refractivity contribution is 0.0954. The molecule has 1 aliphatic heterocycles. The van der Waals surface area contributed by atoms with Crippen molar-refractivity contribution in [3.05, 3.63) is 44.3 Å². The van der Waals surface area contributed by atoms with Crippen LogP contribution in [0.2, 0.25) is 0 Å². The molecule has 7 nitrogen and oxygen atoms in total. The number of aromatic hydroxyl groups is 1. The number of carbonyl (C=O) groups excluding carboxylic acids is 1. The second kappa shape index (κ2) is 8.62. The predicted octanol–water partition coefficient (Wildman–Crippen LogP) is 3.85. The van der Waals surface area contributed by atoms with Crippen molar-refractivity contribution in [3.8, 4) is 23.0 Å². The lowest BCUT2D eigenvalue weighted by Crippen LogP contribution is -2.19. The zero-order valence-corrected chi connectivity index (χ0v) is 17.5. The van der Waals surface area contributed by atoms with Crippen LogP contribution in [0.25, 0.3) is 0 Å². The maximum atomic E-state index is 12.3. The average Bonchev–Trinajstić information content (AvgIpc) is 2.69. The van der Waals surface area contributed by atoms with Crippen LogP contribution >= 0.6 is 31.9 Å². The summed E-state index contributed by atoms with van der Waals surface area (Å²) in [6.07, 6.45) is 1.45. The molecule has 1 heterocycles. The van der Waals surface area contributed by atoms with Gasteiger partial charge in [-0.2, -0.15) is 5.10 Å². The van der Waals surface area contributed by atoms with Gasteiger partial charge in [0.25, 0.3) is 5.91 Å². The van der Waals surface area contributed by atoms with Gasteiger partial charge in [0.05, 0.1) is 17.3 Å². The third kappa shape index (κ3) is 4.36.